The minimum absolute atomic E-state index is 0.737. The molecule has 1 N–H and O–H groups in total. The topological polar surface area (TPSA) is 38.3 Å². The lowest BCUT2D eigenvalue weighted by molar-refractivity contribution is 0.436. The van der Waals surface area contributed by atoms with E-state index in [9.17, 15) is 4.21 Å². The Morgan fingerprint density at radius 1 is 1.75 bits per heavy atom. The Labute approximate surface area is 52.2 Å². The van der Waals surface area contributed by atoms with Crippen LogP contribution in [-0.2, 0) is 15.4 Å². The fourth-order valence-corrected chi connectivity index (χ4v) is 0.733. The van der Waals surface area contributed by atoms with Crippen LogP contribution in [0.15, 0.2) is 0 Å². The van der Waals surface area contributed by atoms with Gasteiger partial charge in [-0.2, -0.15) is 0 Å². The first kappa shape index (κ1) is 8.07. The van der Waals surface area contributed by atoms with Crippen molar-refractivity contribution in [1.29, 1.82) is 0 Å². The van der Waals surface area contributed by atoms with Crippen molar-refractivity contribution in [3.05, 3.63) is 0 Å². The van der Waals surface area contributed by atoms with Crippen molar-refractivity contribution in [1.82, 2.24) is 4.72 Å². The molecule has 0 radical (unpaired) electrons. The number of hydrogen-bond acceptors (Lipinski definition) is 2. The van der Waals surface area contributed by atoms with Crippen molar-refractivity contribution in [2.24, 2.45) is 0 Å². The summed E-state index contributed by atoms with van der Waals surface area (Å²) in [4.78, 5) is 0. The monoisotopic (exact) mass is 137 g/mol. The predicted molar refractivity (Wildman–Crippen MR) is 33.4 cm³/mol. The summed E-state index contributed by atoms with van der Waals surface area (Å²) < 4.78 is 17.4. The van der Waals surface area contributed by atoms with Gasteiger partial charge in [-0.1, -0.05) is 6.92 Å². The summed E-state index contributed by atoms with van der Waals surface area (Å²) in [5, 5.41) is 0. The largest absolute Gasteiger partial charge is 0.282 e. The van der Waals surface area contributed by atoms with Crippen LogP contribution >= 0.6 is 0 Å². The molecular weight excluding hydrogens is 126 g/mol. The van der Waals surface area contributed by atoms with Gasteiger partial charge in [0.05, 0.1) is 7.11 Å². The van der Waals surface area contributed by atoms with E-state index in [1.54, 1.807) is 0 Å². The molecule has 0 saturated carbocycles. The molecule has 0 bridgehead atoms. The normalized spacial score (nSPS) is 13.8. The smallest absolute Gasteiger partial charge is 0.234 e. The molecule has 0 rings (SSSR count). The van der Waals surface area contributed by atoms with Crippen LogP contribution in [0.1, 0.15) is 13.3 Å². The molecule has 50 valence electrons. The van der Waals surface area contributed by atoms with Crippen molar-refractivity contribution in [2.45, 2.75) is 13.3 Å². The molecule has 4 heteroatoms. The van der Waals surface area contributed by atoms with E-state index < -0.39 is 11.3 Å². The molecule has 0 spiro atoms. The summed E-state index contributed by atoms with van der Waals surface area (Å²) in [6, 6.07) is 0. The van der Waals surface area contributed by atoms with E-state index in [4.69, 9.17) is 0 Å². The first-order valence-corrected chi connectivity index (χ1v) is 3.58. The Bertz CT molecular complexity index is 76.4. The van der Waals surface area contributed by atoms with Crippen molar-refractivity contribution < 1.29 is 8.39 Å². The summed E-state index contributed by atoms with van der Waals surface area (Å²) >= 11 is -1.28. The van der Waals surface area contributed by atoms with Crippen molar-refractivity contribution in [3.8, 4) is 0 Å². The van der Waals surface area contributed by atoms with Gasteiger partial charge in [0.1, 0.15) is 0 Å². The van der Waals surface area contributed by atoms with E-state index in [1.807, 2.05) is 6.92 Å². The lowest BCUT2D eigenvalue weighted by Crippen LogP contribution is -2.18. The molecule has 0 aliphatic heterocycles. The molecule has 0 heterocycles. The zero-order valence-corrected chi connectivity index (χ0v) is 5.96. The predicted octanol–water partition coefficient (Wildman–Crippen LogP) is 0.211. The Morgan fingerprint density at radius 2 is 2.38 bits per heavy atom. The quantitative estimate of drug-likeness (QED) is 0.601. The third-order valence-electron chi connectivity index (χ3n) is 0.621. The van der Waals surface area contributed by atoms with Gasteiger partial charge in [-0.05, 0) is 6.42 Å². The number of hydrogen-bond donors (Lipinski definition) is 1. The van der Waals surface area contributed by atoms with E-state index in [2.05, 4.69) is 8.91 Å². The Kier molecular flexibility index (Phi) is 5.26. The first-order chi connectivity index (χ1) is 3.81. The Morgan fingerprint density at radius 3 is 2.75 bits per heavy atom. The average Bonchev–Trinajstić information content (AvgIpc) is 1.83. The average molecular weight is 137 g/mol. The van der Waals surface area contributed by atoms with Crippen LogP contribution < -0.4 is 4.72 Å². The zero-order chi connectivity index (χ0) is 6.41. The van der Waals surface area contributed by atoms with E-state index in [1.165, 1.54) is 7.11 Å². The highest BCUT2D eigenvalue weighted by Crippen LogP contribution is 1.75. The maximum atomic E-state index is 10.3. The summed E-state index contributed by atoms with van der Waals surface area (Å²) in [5.74, 6) is 0. The van der Waals surface area contributed by atoms with Gasteiger partial charge in [-0.3, -0.25) is 4.18 Å². The van der Waals surface area contributed by atoms with E-state index in [0.29, 0.717) is 0 Å². The van der Waals surface area contributed by atoms with Gasteiger partial charge in [-0.25, -0.2) is 8.93 Å². The molecule has 3 nitrogen and oxygen atoms in total. The van der Waals surface area contributed by atoms with Crippen LogP contribution in [0.4, 0.5) is 0 Å². The van der Waals surface area contributed by atoms with Gasteiger partial charge >= 0.3 is 0 Å². The molecule has 0 aromatic rings. The first-order valence-electron chi connectivity index (χ1n) is 2.51. The summed E-state index contributed by atoms with van der Waals surface area (Å²) in [5.41, 5.74) is 0. The van der Waals surface area contributed by atoms with Crippen molar-refractivity contribution >= 4 is 11.3 Å². The van der Waals surface area contributed by atoms with Crippen LogP contribution in [-0.4, -0.2) is 17.9 Å². The van der Waals surface area contributed by atoms with Crippen molar-refractivity contribution in [2.75, 3.05) is 13.7 Å². The molecule has 0 fully saturated rings. The molecule has 8 heavy (non-hydrogen) atoms. The second-order valence-corrected chi connectivity index (χ2v) is 2.39. The van der Waals surface area contributed by atoms with Crippen molar-refractivity contribution in [3.63, 3.8) is 0 Å². The lowest BCUT2D eigenvalue weighted by atomic mass is 10.5. The molecule has 0 amide bonds. The molecule has 0 saturated heterocycles. The molecule has 0 aliphatic rings. The van der Waals surface area contributed by atoms with Gasteiger partial charge in [0, 0.05) is 6.54 Å². The van der Waals surface area contributed by atoms with Crippen LogP contribution in [0, 0.1) is 0 Å². The summed E-state index contributed by atoms with van der Waals surface area (Å²) in [6.45, 7) is 2.74. The van der Waals surface area contributed by atoms with Gasteiger partial charge in [0.15, 0.2) is 0 Å². The maximum absolute atomic E-state index is 10.3. The van der Waals surface area contributed by atoms with Crippen LogP contribution in [0.25, 0.3) is 0 Å². The Balaban J connectivity index is 2.99. The highest BCUT2D eigenvalue weighted by molar-refractivity contribution is 7.78. The van der Waals surface area contributed by atoms with Gasteiger partial charge < -0.3 is 0 Å². The molecule has 0 aliphatic carbocycles. The van der Waals surface area contributed by atoms with Crippen LogP contribution in [0.5, 0.6) is 0 Å². The van der Waals surface area contributed by atoms with Crippen LogP contribution in [0.2, 0.25) is 0 Å². The molecule has 1 unspecified atom stereocenters. The highest BCUT2D eigenvalue weighted by Gasteiger charge is 1.89. The summed E-state index contributed by atoms with van der Waals surface area (Å²) in [7, 11) is 1.40. The fourth-order valence-electron chi connectivity index (χ4n) is 0.244. The zero-order valence-electron chi connectivity index (χ0n) is 5.14. The minimum Gasteiger partial charge on any atom is -0.282 e. The second kappa shape index (κ2) is 5.21. The minimum atomic E-state index is -1.28. The fraction of sp³-hybridized carbons (Fsp3) is 1.00. The lowest BCUT2D eigenvalue weighted by Gasteiger charge is -1.96. The molecule has 0 aromatic heterocycles. The third-order valence-corrected chi connectivity index (χ3v) is 1.36. The Hall–Kier alpha value is 0.0700. The molecule has 1 atom stereocenters. The van der Waals surface area contributed by atoms with E-state index >= 15 is 0 Å². The standard InChI is InChI=1S/C4H11NO2S/c1-3-4-5-8(6)7-2/h5H,3-4H2,1-2H3. The molecular formula is C4H11NO2S. The maximum Gasteiger partial charge on any atom is 0.234 e. The van der Waals surface area contributed by atoms with Gasteiger partial charge in [-0.15, -0.1) is 0 Å². The molecule has 0 aromatic carbocycles. The number of rotatable bonds is 4. The second-order valence-electron chi connectivity index (χ2n) is 1.30. The SMILES string of the molecule is CCCNS(=O)OC. The van der Waals surface area contributed by atoms with E-state index in [0.717, 1.165) is 13.0 Å². The van der Waals surface area contributed by atoms with Gasteiger partial charge in [0.2, 0.25) is 11.3 Å². The van der Waals surface area contributed by atoms with E-state index in [-0.39, 0.29) is 0 Å². The van der Waals surface area contributed by atoms with Crippen LogP contribution in [0.3, 0.4) is 0 Å². The third kappa shape index (κ3) is 4.23. The number of nitrogens with one attached hydrogen (secondary N) is 1. The highest BCUT2D eigenvalue weighted by atomic mass is 32.2. The van der Waals surface area contributed by atoms with Gasteiger partial charge in [0.25, 0.3) is 0 Å². The summed E-state index contributed by atoms with van der Waals surface area (Å²) in [6.07, 6.45) is 0.967.